The van der Waals surface area contributed by atoms with Crippen molar-refractivity contribution in [3.05, 3.63) is 35.4 Å². The van der Waals surface area contributed by atoms with Crippen molar-refractivity contribution in [2.75, 3.05) is 6.54 Å². The van der Waals surface area contributed by atoms with Gasteiger partial charge in [-0.05, 0) is 35.8 Å². The average molecular weight is 259 g/mol. The van der Waals surface area contributed by atoms with Gasteiger partial charge in [0, 0.05) is 25.6 Å². The van der Waals surface area contributed by atoms with Crippen LogP contribution in [0.5, 0.6) is 0 Å². The molecule has 1 N–H and O–H groups in total. The van der Waals surface area contributed by atoms with Gasteiger partial charge in [0.1, 0.15) is 0 Å². The van der Waals surface area contributed by atoms with Crippen molar-refractivity contribution in [1.82, 2.24) is 4.90 Å². The average Bonchev–Trinajstić information content (AvgIpc) is 2.76. The van der Waals surface area contributed by atoms with Crippen molar-refractivity contribution in [2.24, 2.45) is 17.8 Å². The third-order valence-electron chi connectivity index (χ3n) is 5.02. The normalized spacial score (nSPS) is 35.3. The van der Waals surface area contributed by atoms with Crippen LogP contribution in [0.3, 0.4) is 0 Å². The molecule has 1 saturated carbocycles. The van der Waals surface area contributed by atoms with E-state index in [4.69, 9.17) is 0 Å². The third kappa shape index (κ3) is 2.70. The van der Waals surface area contributed by atoms with Gasteiger partial charge in [-0.15, -0.1) is 0 Å². The van der Waals surface area contributed by atoms with Crippen LogP contribution < -0.4 is 0 Å². The number of benzene rings is 1. The number of aliphatic hydroxyl groups is 1. The number of fused-ring (bicyclic) bond motifs is 1. The van der Waals surface area contributed by atoms with Crippen LogP contribution in [0.15, 0.2) is 24.3 Å². The van der Waals surface area contributed by atoms with Crippen molar-refractivity contribution in [1.29, 1.82) is 0 Å². The first kappa shape index (κ1) is 13.1. The van der Waals surface area contributed by atoms with Gasteiger partial charge in [-0.25, -0.2) is 0 Å². The summed E-state index contributed by atoms with van der Waals surface area (Å²) in [6.45, 7) is 7.74. The molecule has 4 atom stereocenters. The van der Waals surface area contributed by atoms with Crippen molar-refractivity contribution < 1.29 is 5.11 Å². The Hall–Kier alpha value is -0.860. The van der Waals surface area contributed by atoms with Crippen LogP contribution in [-0.4, -0.2) is 22.7 Å². The van der Waals surface area contributed by atoms with Crippen LogP contribution in [0.1, 0.15) is 37.8 Å². The van der Waals surface area contributed by atoms with E-state index < -0.39 is 0 Å². The van der Waals surface area contributed by atoms with Crippen molar-refractivity contribution in [3.8, 4) is 0 Å². The van der Waals surface area contributed by atoms with Gasteiger partial charge < -0.3 is 5.11 Å². The molecule has 3 rings (SSSR count). The third-order valence-corrected chi connectivity index (χ3v) is 5.02. The van der Waals surface area contributed by atoms with E-state index in [2.05, 4.69) is 43.0 Å². The maximum atomic E-state index is 10.4. The van der Waals surface area contributed by atoms with E-state index in [0.717, 1.165) is 26.1 Å². The Kier molecular flexibility index (Phi) is 3.64. The summed E-state index contributed by atoms with van der Waals surface area (Å²) in [6, 6.07) is 8.72. The fourth-order valence-electron chi connectivity index (χ4n) is 4.00. The second-order valence-electron chi connectivity index (χ2n) is 6.72. The zero-order chi connectivity index (χ0) is 13.4. The lowest BCUT2D eigenvalue weighted by molar-refractivity contribution is -0.00276. The van der Waals surface area contributed by atoms with Crippen molar-refractivity contribution >= 4 is 0 Å². The van der Waals surface area contributed by atoms with Gasteiger partial charge in [0.25, 0.3) is 0 Å². The summed E-state index contributed by atoms with van der Waals surface area (Å²) < 4.78 is 0. The highest BCUT2D eigenvalue weighted by molar-refractivity contribution is 5.30. The Bertz CT molecular complexity index is 408. The molecule has 0 aromatic heterocycles. The molecule has 0 amide bonds. The molecule has 2 heteroatoms. The first-order valence-corrected chi connectivity index (χ1v) is 7.60. The Morgan fingerprint density at radius 3 is 2.32 bits per heavy atom. The number of hydrogen-bond acceptors (Lipinski definition) is 2. The maximum Gasteiger partial charge on any atom is 0.0585 e. The number of hydrogen-bond donors (Lipinski definition) is 1. The van der Waals surface area contributed by atoms with Gasteiger partial charge in [-0.1, -0.05) is 38.1 Å². The Balaban J connectivity index is 1.64. The van der Waals surface area contributed by atoms with Crippen molar-refractivity contribution in [3.63, 3.8) is 0 Å². The van der Waals surface area contributed by atoms with E-state index >= 15 is 0 Å². The summed E-state index contributed by atoms with van der Waals surface area (Å²) in [7, 11) is 0. The maximum absolute atomic E-state index is 10.4. The van der Waals surface area contributed by atoms with Gasteiger partial charge in [-0.2, -0.15) is 0 Å². The molecule has 1 heterocycles. The van der Waals surface area contributed by atoms with Crippen LogP contribution in [-0.2, 0) is 13.1 Å². The molecule has 104 valence electrons. The quantitative estimate of drug-likeness (QED) is 0.882. The first-order valence-electron chi connectivity index (χ1n) is 7.60. The summed E-state index contributed by atoms with van der Waals surface area (Å²) >= 11 is 0. The van der Waals surface area contributed by atoms with Crippen LogP contribution in [0, 0.1) is 17.8 Å². The molecule has 19 heavy (non-hydrogen) atoms. The minimum Gasteiger partial charge on any atom is -0.393 e. The smallest absolute Gasteiger partial charge is 0.0585 e. The standard InChI is InChI=1S/C17H25NO/c1-12-7-13(2)16(17(19)8-12)11-18-9-14-5-3-4-6-15(14)10-18/h3-6,12-13,16-17,19H,7-11H2,1-2H3. The SMILES string of the molecule is CC1CC(C)C(CN2Cc3ccccc3C2)C(O)C1. The highest BCUT2D eigenvalue weighted by atomic mass is 16.3. The molecule has 1 aromatic carbocycles. The van der Waals surface area contributed by atoms with Crippen LogP contribution in [0.4, 0.5) is 0 Å². The molecule has 4 unspecified atom stereocenters. The van der Waals surface area contributed by atoms with Gasteiger partial charge >= 0.3 is 0 Å². The van der Waals surface area contributed by atoms with E-state index in [1.807, 2.05) is 0 Å². The summed E-state index contributed by atoms with van der Waals surface area (Å²) in [5, 5.41) is 10.4. The summed E-state index contributed by atoms with van der Waals surface area (Å²) in [4.78, 5) is 2.50. The van der Waals surface area contributed by atoms with E-state index in [-0.39, 0.29) is 6.10 Å². The molecule has 0 saturated heterocycles. The summed E-state index contributed by atoms with van der Waals surface area (Å²) in [5.74, 6) is 1.77. The molecule has 0 radical (unpaired) electrons. The van der Waals surface area contributed by atoms with Gasteiger partial charge in [-0.3, -0.25) is 4.90 Å². The molecule has 2 nitrogen and oxygen atoms in total. The Labute approximate surface area is 116 Å². The molecule has 1 aliphatic carbocycles. The van der Waals surface area contributed by atoms with E-state index in [1.54, 1.807) is 0 Å². The molecule has 1 aromatic rings. The Morgan fingerprint density at radius 1 is 1.11 bits per heavy atom. The lowest BCUT2D eigenvalue weighted by Gasteiger charge is -2.38. The zero-order valence-corrected chi connectivity index (χ0v) is 12.0. The molecular formula is C17H25NO. The number of rotatable bonds is 2. The van der Waals surface area contributed by atoms with E-state index in [9.17, 15) is 5.11 Å². The number of nitrogens with zero attached hydrogens (tertiary/aromatic N) is 1. The van der Waals surface area contributed by atoms with E-state index in [1.165, 1.54) is 17.5 Å². The number of aliphatic hydroxyl groups excluding tert-OH is 1. The zero-order valence-electron chi connectivity index (χ0n) is 12.0. The van der Waals surface area contributed by atoms with Gasteiger partial charge in [0.05, 0.1) is 6.10 Å². The lowest BCUT2D eigenvalue weighted by atomic mass is 9.73. The minimum atomic E-state index is -0.109. The first-order chi connectivity index (χ1) is 9.13. The Morgan fingerprint density at radius 2 is 1.74 bits per heavy atom. The monoisotopic (exact) mass is 259 g/mol. The summed E-state index contributed by atoms with van der Waals surface area (Å²) in [5.41, 5.74) is 2.93. The fraction of sp³-hybridized carbons (Fsp3) is 0.647. The molecule has 1 fully saturated rings. The minimum absolute atomic E-state index is 0.109. The van der Waals surface area contributed by atoms with Crippen molar-refractivity contribution in [2.45, 2.75) is 45.9 Å². The fourth-order valence-corrected chi connectivity index (χ4v) is 4.00. The second kappa shape index (κ2) is 5.26. The predicted octanol–water partition coefficient (Wildman–Crippen LogP) is 3.05. The van der Waals surface area contributed by atoms with E-state index in [0.29, 0.717) is 17.8 Å². The topological polar surface area (TPSA) is 23.5 Å². The van der Waals surface area contributed by atoms with Crippen LogP contribution in [0.25, 0.3) is 0 Å². The molecular weight excluding hydrogens is 234 g/mol. The van der Waals surface area contributed by atoms with Gasteiger partial charge in [0.15, 0.2) is 0 Å². The second-order valence-corrected chi connectivity index (χ2v) is 6.72. The highest BCUT2D eigenvalue weighted by Crippen LogP contribution is 2.35. The summed E-state index contributed by atoms with van der Waals surface area (Å²) in [6.07, 6.45) is 2.14. The van der Waals surface area contributed by atoms with Crippen LogP contribution >= 0.6 is 0 Å². The molecule has 2 aliphatic rings. The lowest BCUT2D eigenvalue weighted by Crippen LogP contribution is -2.41. The highest BCUT2D eigenvalue weighted by Gasteiger charge is 2.34. The largest absolute Gasteiger partial charge is 0.393 e. The molecule has 0 spiro atoms. The predicted molar refractivity (Wildman–Crippen MR) is 77.6 cm³/mol. The van der Waals surface area contributed by atoms with Gasteiger partial charge in [0.2, 0.25) is 0 Å². The molecule has 1 aliphatic heterocycles. The van der Waals surface area contributed by atoms with Crippen LogP contribution in [0.2, 0.25) is 0 Å². The molecule has 0 bridgehead atoms.